The lowest BCUT2D eigenvalue weighted by atomic mass is 10.1. The van der Waals surface area contributed by atoms with E-state index in [0.717, 1.165) is 4.88 Å². The lowest BCUT2D eigenvalue weighted by Crippen LogP contribution is -2.34. The number of rotatable bonds is 4. The first-order valence-corrected chi connectivity index (χ1v) is 5.48. The summed E-state index contributed by atoms with van der Waals surface area (Å²) in [6.07, 6.45) is 0.572. The Morgan fingerprint density at radius 3 is 2.93 bits per heavy atom. The molecule has 0 amide bonds. The second kappa shape index (κ2) is 5.12. The van der Waals surface area contributed by atoms with Crippen molar-refractivity contribution < 1.29 is 9.53 Å². The number of aryl methyl sites for hydroxylation is 1. The number of ether oxygens (including phenoxy) is 1. The highest BCUT2D eigenvalue weighted by molar-refractivity contribution is 7.10. The van der Waals surface area contributed by atoms with Crippen molar-refractivity contribution in [3.05, 3.63) is 21.9 Å². The molecule has 14 heavy (non-hydrogen) atoms. The number of carbonyl (C=O) groups excluding carboxylic acids is 1. The van der Waals surface area contributed by atoms with E-state index in [1.807, 2.05) is 18.4 Å². The number of carbonyl (C=O) groups is 1. The molecule has 3 nitrogen and oxygen atoms in total. The molecule has 0 aromatic carbocycles. The van der Waals surface area contributed by atoms with E-state index in [-0.39, 0.29) is 5.97 Å². The van der Waals surface area contributed by atoms with Crippen molar-refractivity contribution in [1.82, 2.24) is 0 Å². The Morgan fingerprint density at radius 2 is 2.43 bits per heavy atom. The smallest absolute Gasteiger partial charge is 0.323 e. The molecule has 0 radical (unpaired) electrons. The van der Waals surface area contributed by atoms with Gasteiger partial charge in [0.15, 0.2) is 0 Å². The Morgan fingerprint density at radius 1 is 1.71 bits per heavy atom. The third-order valence-electron chi connectivity index (χ3n) is 1.96. The predicted molar refractivity (Wildman–Crippen MR) is 57.4 cm³/mol. The van der Waals surface area contributed by atoms with Gasteiger partial charge in [-0.1, -0.05) is 0 Å². The topological polar surface area (TPSA) is 52.3 Å². The van der Waals surface area contributed by atoms with Crippen LogP contribution in [0.4, 0.5) is 0 Å². The van der Waals surface area contributed by atoms with Gasteiger partial charge in [-0.3, -0.25) is 4.79 Å². The Balaban J connectivity index is 2.52. The van der Waals surface area contributed by atoms with E-state index < -0.39 is 6.04 Å². The molecule has 2 N–H and O–H groups in total. The molecule has 0 saturated carbocycles. The summed E-state index contributed by atoms with van der Waals surface area (Å²) in [5.41, 5.74) is 6.89. The fourth-order valence-corrected chi connectivity index (χ4v) is 2.11. The molecule has 0 aliphatic rings. The molecule has 1 rings (SSSR count). The van der Waals surface area contributed by atoms with Crippen molar-refractivity contribution in [2.24, 2.45) is 5.73 Å². The monoisotopic (exact) mass is 213 g/mol. The zero-order chi connectivity index (χ0) is 10.6. The molecule has 4 heteroatoms. The first-order chi connectivity index (χ1) is 6.65. The number of esters is 1. The summed E-state index contributed by atoms with van der Waals surface area (Å²) in [4.78, 5) is 12.4. The SMILES string of the molecule is CCOC(=O)[C@@H](N)Cc1sccc1C. The Bertz CT molecular complexity index is 309. The van der Waals surface area contributed by atoms with Gasteiger partial charge in [0.1, 0.15) is 6.04 Å². The zero-order valence-electron chi connectivity index (χ0n) is 8.45. The standard InChI is InChI=1S/C10H15NO2S/c1-3-13-10(12)8(11)6-9-7(2)4-5-14-9/h4-5,8H,3,6,11H2,1-2H3/t8-/m0/s1. The summed E-state index contributed by atoms with van der Waals surface area (Å²) in [5, 5.41) is 2.00. The van der Waals surface area contributed by atoms with Gasteiger partial charge < -0.3 is 10.5 Å². The summed E-state index contributed by atoms with van der Waals surface area (Å²) in [5.74, 6) is -0.319. The normalized spacial score (nSPS) is 12.5. The van der Waals surface area contributed by atoms with Crippen LogP contribution in [-0.4, -0.2) is 18.6 Å². The van der Waals surface area contributed by atoms with E-state index in [9.17, 15) is 4.79 Å². The highest BCUT2D eigenvalue weighted by atomic mass is 32.1. The van der Waals surface area contributed by atoms with Crippen LogP contribution >= 0.6 is 11.3 Å². The maximum Gasteiger partial charge on any atom is 0.323 e. The molecule has 0 saturated heterocycles. The summed E-state index contributed by atoms with van der Waals surface area (Å²) >= 11 is 1.63. The van der Waals surface area contributed by atoms with Gasteiger partial charge in [-0.15, -0.1) is 11.3 Å². The van der Waals surface area contributed by atoms with E-state index in [4.69, 9.17) is 10.5 Å². The van der Waals surface area contributed by atoms with Crippen molar-refractivity contribution in [2.75, 3.05) is 6.61 Å². The van der Waals surface area contributed by atoms with Crippen LogP contribution in [0.1, 0.15) is 17.4 Å². The van der Waals surface area contributed by atoms with Crippen molar-refractivity contribution in [3.63, 3.8) is 0 Å². The minimum absolute atomic E-state index is 0.319. The highest BCUT2D eigenvalue weighted by Gasteiger charge is 2.16. The van der Waals surface area contributed by atoms with Crippen molar-refractivity contribution >= 4 is 17.3 Å². The zero-order valence-corrected chi connectivity index (χ0v) is 9.26. The fraction of sp³-hybridized carbons (Fsp3) is 0.500. The van der Waals surface area contributed by atoms with E-state index in [1.54, 1.807) is 18.3 Å². The second-order valence-corrected chi connectivity index (χ2v) is 4.09. The fourth-order valence-electron chi connectivity index (χ4n) is 1.15. The molecular weight excluding hydrogens is 198 g/mol. The summed E-state index contributed by atoms with van der Waals surface area (Å²) in [6.45, 7) is 4.18. The summed E-state index contributed by atoms with van der Waals surface area (Å²) in [6, 6.07) is 1.49. The van der Waals surface area contributed by atoms with Crippen LogP contribution in [0.25, 0.3) is 0 Å². The molecule has 0 spiro atoms. The summed E-state index contributed by atoms with van der Waals surface area (Å²) in [7, 11) is 0. The maximum absolute atomic E-state index is 11.2. The molecule has 1 aromatic rings. The molecule has 0 fully saturated rings. The minimum Gasteiger partial charge on any atom is -0.465 e. The van der Waals surface area contributed by atoms with Crippen LogP contribution < -0.4 is 5.73 Å². The van der Waals surface area contributed by atoms with E-state index in [1.165, 1.54) is 5.56 Å². The predicted octanol–water partition coefficient (Wildman–Crippen LogP) is 1.49. The van der Waals surface area contributed by atoms with Crippen LogP contribution in [0, 0.1) is 6.92 Å². The third-order valence-corrected chi connectivity index (χ3v) is 3.01. The van der Waals surface area contributed by atoms with Crippen LogP contribution in [0.2, 0.25) is 0 Å². The molecule has 0 unspecified atom stereocenters. The average molecular weight is 213 g/mol. The Labute approximate surface area is 87.9 Å². The molecule has 1 aromatic heterocycles. The van der Waals surface area contributed by atoms with Gasteiger partial charge in [0.25, 0.3) is 0 Å². The largest absolute Gasteiger partial charge is 0.465 e. The molecular formula is C10H15NO2S. The van der Waals surface area contributed by atoms with Gasteiger partial charge in [-0.2, -0.15) is 0 Å². The first kappa shape index (κ1) is 11.2. The van der Waals surface area contributed by atoms with E-state index in [2.05, 4.69) is 0 Å². The van der Waals surface area contributed by atoms with Crippen LogP contribution in [0.15, 0.2) is 11.4 Å². The minimum atomic E-state index is -0.535. The van der Waals surface area contributed by atoms with Crippen LogP contribution in [-0.2, 0) is 16.0 Å². The Hall–Kier alpha value is -0.870. The van der Waals surface area contributed by atoms with Gasteiger partial charge in [-0.25, -0.2) is 0 Å². The Kier molecular flexibility index (Phi) is 4.10. The van der Waals surface area contributed by atoms with E-state index >= 15 is 0 Å². The number of nitrogens with two attached hydrogens (primary N) is 1. The maximum atomic E-state index is 11.2. The molecule has 1 heterocycles. The molecule has 1 atom stereocenters. The lowest BCUT2D eigenvalue weighted by Gasteiger charge is -2.09. The van der Waals surface area contributed by atoms with Crippen LogP contribution in [0.3, 0.4) is 0 Å². The van der Waals surface area contributed by atoms with Crippen molar-refractivity contribution in [1.29, 1.82) is 0 Å². The third kappa shape index (κ3) is 2.82. The molecule has 0 aliphatic carbocycles. The van der Waals surface area contributed by atoms with Crippen molar-refractivity contribution in [3.8, 4) is 0 Å². The lowest BCUT2D eigenvalue weighted by molar-refractivity contribution is -0.144. The van der Waals surface area contributed by atoms with Gasteiger partial charge in [0.2, 0.25) is 0 Å². The second-order valence-electron chi connectivity index (χ2n) is 3.09. The molecule has 78 valence electrons. The quantitative estimate of drug-likeness (QED) is 0.771. The number of thiophene rings is 1. The van der Waals surface area contributed by atoms with Gasteiger partial charge in [0, 0.05) is 11.3 Å². The molecule has 0 aliphatic heterocycles. The first-order valence-electron chi connectivity index (χ1n) is 4.60. The highest BCUT2D eigenvalue weighted by Crippen LogP contribution is 2.17. The number of hydrogen-bond donors (Lipinski definition) is 1. The van der Waals surface area contributed by atoms with E-state index in [0.29, 0.717) is 13.0 Å². The van der Waals surface area contributed by atoms with Crippen molar-refractivity contribution in [2.45, 2.75) is 26.3 Å². The van der Waals surface area contributed by atoms with Gasteiger partial charge in [-0.05, 0) is 30.9 Å². The average Bonchev–Trinajstić information content (AvgIpc) is 2.52. The summed E-state index contributed by atoms with van der Waals surface area (Å²) < 4.78 is 4.83. The van der Waals surface area contributed by atoms with Crippen LogP contribution in [0.5, 0.6) is 0 Å². The molecule has 0 bridgehead atoms. The van der Waals surface area contributed by atoms with Gasteiger partial charge >= 0.3 is 5.97 Å². The van der Waals surface area contributed by atoms with Gasteiger partial charge in [0.05, 0.1) is 6.61 Å². The number of hydrogen-bond acceptors (Lipinski definition) is 4.